The zero-order chi connectivity index (χ0) is 13.9. The fourth-order valence-corrected chi connectivity index (χ4v) is 2.66. The standard InChI is InChI=1S/C16H14N4/c1-12-15(11-18-19-17)20-10-6-5-9-14(20)16(12)13-7-3-2-4-8-13/h2-10H,11H2,1H3. The third-order valence-corrected chi connectivity index (χ3v) is 3.56. The highest BCUT2D eigenvalue weighted by atomic mass is 15.1. The molecule has 0 spiro atoms. The molecule has 4 heteroatoms. The fraction of sp³-hybridized carbons (Fsp3) is 0.125. The predicted octanol–water partition coefficient (Wildman–Crippen LogP) is 4.73. The van der Waals surface area contributed by atoms with E-state index in [4.69, 9.17) is 5.53 Å². The minimum absolute atomic E-state index is 0.361. The van der Waals surface area contributed by atoms with Crippen molar-refractivity contribution in [1.82, 2.24) is 4.40 Å². The Morgan fingerprint density at radius 1 is 1.10 bits per heavy atom. The molecule has 0 bridgehead atoms. The molecule has 20 heavy (non-hydrogen) atoms. The van der Waals surface area contributed by atoms with Gasteiger partial charge in [0.2, 0.25) is 0 Å². The molecular weight excluding hydrogens is 248 g/mol. The Morgan fingerprint density at radius 3 is 2.60 bits per heavy atom. The van der Waals surface area contributed by atoms with Crippen LogP contribution < -0.4 is 0 Å². The van der Waals surface area contributed by atoms with Gasteiger partial charge in [-0.1, -0.05) is 41.5 Å². The molecule has 98 valence electrons. The van der Waals surface area contributed by atoms with Crippen LogP contribution in [-0.4, -0.2) is 4.40 Å². The second kappa shape index (κ2) is 5.11. The summed E-state index contributed by atoms with van der Waals surface area (Å²) in [5.41, 5.74) is 14.3. The molecule has 0 N–H and O–H groups in total. The molecule has 4 nitrogen and oxygen atoms in total. The molecule has 0 radical (unpaired) electrons. The molecule has 0 atom stereocenters. The van der Waals surface area contributed by atoms with E-state index >= 15 is 0 Å². The van der Waals surface area contributed by atoms with E-state index in [-0.39, 0.29) is 0 Å². The molecule has 0 amide bonds. The Bertz CT molecular complexity index is 796. The molecule has 2 heterocycles. The van der Waals surface area contributed by atoms with Gasteiger partial charge in [-0.3, -0.25) is 0 Å². The van der Waals surface area contributed by atoms with Gasteiger partial charge in [-0.25, -0.2) is 0 Å². The van der Waals surface area contributed by atoms with E-state index in [2.05, 4.69) is 39.5 Å². The second-order valence-corrected chi connectivity index (χ2v) is 4.66. The molecular formula is C16H14N4. The lowest BCUT2D eigenvalue weighted by Gasteiger charge is -2.01. The monoisotopic (exact) mass is 262 g/mol. The molecule has 0 fully saturated rings. The van der Waals surface area contributed by atoms with E-state index in [1.807, 2.05) is 36.5 Å². The number of aromatic nitrogens is 1. The van der Waals surface area contributed by atoms with Crippen LogP contribution in [0.15, 0.2) is 59.8 Å². The lowest BCUT2D eigenvalue weighted by atomic mass is 10.0. The summed E-state index contributed by atoms with van der Waals surface area (Å²) in [6.45, 7) is 2.44. The van der Waals surface area contributed by atoms with Gasteiger partial charge >= 0.3 is 0 Å². The van der Waals surface area contributed by atoms with Crippen LogP contribution in [-0.2, 0) is 6.54 Å². The van der Waals surface area contributed by atoms with Gasteiger partial charge < -0.3 is 4.40 Å². The first kappa shape index (κ1) is 12.3. The van der Waals surface area contributed by atoms with Gasteiger partial charge in [0.15, 0.2) is 0 Å². The van der Waals surface area contributed by atoms with Crippen molar-refractivity contribution in [2.45, 2.75) is 13.5 Å². The van der Waals surface area contributed by atoms with Crippen LogP contribution in [0.3, 0.4) is 0 Å². The molecule has 3 rings (SSSR count). The molecule has 0 saturated heterocycles. The van der Waals surface area contributed by atoms with E-state index in [1.54, 1.807) is 0 Å². The van der Waals surface area contributed by atoms with Crippen molar-refractivity contribution in [3.63, 3.8) is 0 Å². The van der Waals surface area contributed by atoms with Crippen molar-refractivity contribution in [1.29, 1.82) is 0 Å². The van der Waals surface area contributed by atoms with Gasteiger partial charge in [-0.2, -0.15) is 0 Å². The summed E-state index contributed by atoms with van der Waals surface area (Å²) < 4.78 is 2.10. The van der Waals surface area contributed by atoms with Crippen molar-refractivity contribution in [2.24, 2.45) is 5.11 Å². The zero-order valence-electron chi connectivity index (χ0n) is 11.2. The van der Waals surface area contributed by atoms with Crippen molar-refractivity contribution in [3.05, 3.63) is 76.4 Å². The van der Waals surface area contributed by atoms with Gasteiger partial charge in [0.1, 0.15) is 0 Å². The molecule has 0 aliphatic carbocycles. The topological polar surface area (TPSA) is 53.2 Å². The van der Waals surface area contributed by atoms with Crippen LogP contribution >= 0.6 is 0 Å². The summed E-state index contributed by atoms with van der Waals surface area (Å²) in [7, 11) is 0. The Balaban J connectivity index is 2.32. The van der Waals surface area contributed by atoms with Crippen LogP contribution in [0.4, 0.5) is 0 Å². The van der Waals surface area contributed by atoms with Crippen molar-refractivity contribution in [2.75, 3.05) is 0 Å². The number of nitrogens with zero attached hydrogens (tertiary/aromatic N) is 4. The maximum absolute atomic E-state index is 8.56. The number of hydrogen-bond acceptors (Lipinski definition) is 1. The number of pyridine rings is 1. The van der Waals surface area contributed by atoms with Gasteiger partial charge in [0.25, 0.3) is 0 Å². The minimum Gasteiger partial charge on any atom is -0.320 e. The number of fused-ring (bicyclic) bond motifs is 1. The minimum atomic E-state index is 0.361. The maximum atomic E-state index is 8.56. The van der Waals surface area contributed by atoms with Crippen LogP contribution in [0, 0.1) is 6.92 Å². The number of azide groups is 1. The average Bonchev–Trinajstić information content (AvgIpc) is 2.78. The van der Waals surface area contributed by atoms with E-state index < -0.39 is 0 Å². The first-order chi connectivity index (χ1) is 9.83. The molecule has 0 aliphatic heterocycles. The summed E-state index contributed by atoms with van der Waals surface area (Å²) in [4.78, 5) is 2.87. The van der Waals surface area contributed by atoms with Crippen molar-refractivity contribution in [3.8, 4) is 11.1 Å². The van der Waals surface area contributed by atoms with Gasteiger partial charge in [0.05, 0.1) is 12.1 Å². The summed E-state index contributed by atoms with van der Waals surface area (Å²) in [6.07, 6.45) is 2.01. The van der Waals surface area contributed by atoms with Crippen LogP contribution in [0.5, 0.6) is 0 Å². The normalized spacial score (nSPS) is 10.4. The summed E-state index contributed by atoms with van der Waals surface area (Å²) >= 11 is 0. The number of hydrogen-bond donors (Lipinski definition) is 0. The Hall–Kier alpha value is -2.71. The quantitative estimate of drug-likeness (QED) is 0.372. The molecule has 0 unspecified atom stereocenters. The molecule has 3 aromatic rings. The zero-order valence-corrected chi connectivity index (χ0v) is 11.2. The molecule has 2 aromatic heterocycles. The highest BCUT2D eigenvalue weighted by Gasteiger charge is 2.14. The van der Waals surface area contributed by atoms with Gasteiger partial charge in [-0.05, 0) is 35.7 Å². The van der Waals surface area contributed by atoms with Crippen LogP contribution in [0.25, 0.3) is 27.1 Å². The largest absolute Gasteiger partial charge is 0.320 e. The third kappa shape index (κ3) is 1.92. The van der Waals surface area contributed by atoms with E-state index in [0.717, 1.165) is 16.8 Å². The summed E-state index contributed by atoms with van der Waals surface area (Å²) in [5.74, 6) is 0. The number of rotatable bonds is 3. The third-order valence-electron chi connectivity index (χ3n) is 3.56. The highest BCUT2D eigenvalue weighted by Crippen LogP contribution is 2.33. The molecule has 1 aromatic carbocycles. The smallest absolute Gasteiger partial charge is 0.0670 e. The van der Waals surface area contributed by atoms with Crippen LogP contribution in [0.2, 0.25) is 0 Å². The Kier molecular flexibility index (Phi) is 3.15. The van der Waals surface area contributed by atoms with E-state index in [9.17, 15) is 0 Å². The van der Waals surface area contributed by atoms with Gasteiger partial charge in [-0.15, -0.1) is 0 Å². The van der Waals surface area contributed by atoms with Crippen LogP contribution in [0.1, 0.15) is 11.3 Å². The fourth-order valence-electron chi connectivity index (χ4n) is 2.66. The first-order valence-electron chi connectivity index (χ1n) is 6.47. The second-order valence-electron chi connectivity index (χ2n) is 4.66. The summed E-state index contributed by atoms with van der Waals surface area (Å²) in [5, 5.41) is 3.72. The van der Waals surface area contributed by atoms with Crippen molar-refractivity contribution >= 4 is 5.52 Å². The lowest BCUT2D eigenvalue weighted by molar-refractivity contribution is 0.935. The molecule has 0 saturated carbocycles. The first-order valence-corrected chi connectivity index (χ1v) is 6.47. The summed E-state index contributed by atoms with van der Waals surface area (Å²) in [6, 6.07) is 16.4. The van der Waals surface area contributed by atoms with Crippen molar-refractivity contribution < 1.29 is 0 Å². The van der Waals surface area contributed by atoms with E-state index in [1.165, 1.54) is 11.1 Å². The SMILES string of the molecule is Cc1c(-c2ccccc2)c2ccccn2c1CN=[N+]=[N-]. The maximum Gasteiger partial charge on any atom is 0.0670 e. The lowest BCUT2D eigenvalue weighted by Crippen LogP contribution is -1.91. The van der Waals surface area contributed by atoms with E-state index in [0.29, 0.717) is 6.54 Å². The Morgan fingerprint density at radius 2 is 1.85 bits per heavy atom. The van der Waals surface area contributed by atoms with Gasteiger partial charge in [0, 0.05) is 22.4 Å². The Labute approximate surface area is 116 Å². The highest BCUT2D eigenvalue weighted by molar-refractivity contribution is 5.85. The number of benzene rings is 1. The molecule has 0 aliphatic rings. The average molecular weight is 262 g/mol. The predicted molar refractivity (Wildman–Crippen MR) is 80.4 cm³/mol.